The van der Waals surface area contributed by atoms with Gasteiger partial charge in [0.05, 0.1) is 14.2 Å². The van der Waals surface area contributed by atoms with Crippen molar-refractivity contribution in [1.82, 2.24) is 0 Å². The summed E-state index contributed by atoms with van der Waals surface area (Å²) in [5.74, 6) is 1.19. The molecule has 0 fully saturated rings. The maximum Gasteiger partial charge on any atom is 0.173 e. The highest BCUT2D eigenvalue weighted by atomic mass is 16.5. The second kappa shape index (κ2) is 5.54. The Labute approximate surface area is 96.4 Å². The van der Waals surface area contributed by atoms with Crippen LogP contribution in [0.4, 0.5) is 0 Å². The maximum atomic E-state index is 12.2. The van der Waals surface area contributed by atoms with Gasteiger partial charge in [0.15, 0.2) is 5.78 Å². The molecule has 0 N–H and O–H groups in total. The van der Waals surface area contributed by atoms with E-state index in [9.17, 15) is 4.79 Å². The van der Waals surface area contributed by atoms with E-state index in [2.05, 4.69) is 0 Å². The molecule has 0 saturated carbocycles. The van der Waals surface area contributed by atoms with Crippen molar-refractivity contribution in [2.45, 2.75) is 20.3 Å². The quantitative estimate of drug-likeness (QED) is 0.718. The van der Waals surface area contributed by atoms with Crippen LogP contribution in [0.3, 0.4) is 0 Å². The van der Waals surface area contributed by atoms with E-state index >= 15 is 0 Å². The Hall–Kier alpha value is -1.51. The van der Waals surface area contributed by atoms with Crippen molar-refractivity contribution in [1.29, 1.82) is 0 Å². The first-order valence-electron chi connectivity index (χ1n) is 5.40. The molecule has 0 radical (unpaired) electrons. The maximum absolute atomic E-state index is 12.2. The van der Waals surface area contributed by atoms with E-state index < -0.39 is 0 Å². The van der Waals surface area contributed by atoms with Crippen LogP contribution in [0, 0.1) is 5.92 Å². The lowest BCUT2D eigenvalue weighted by Gasteiger charge is -2.14. The number of benzene rings is 1. The first-order valence-corrected chi connectivity index (χ1v) is 5.40. The van der Waals surface area contributed by atoms with E-state index in [1.54, 1.807) is 26.4 Å². The van der Waals surface area contributed by atoms with Crippen molar-refractivity contribution in [2.24, 2.45) is 5.92 Å². The Balaban J connectivity index is 3.23. The predicted octanol–water partition coefficient (Wildman–Crippen LogP) is 2.93. The lowest BCUT2D eigenvalue weighted by Crippen LogP contribution is -2.13. The summed E-state index contributed by atoms with van der Waals surface area (Å²) in [5, 5.41) is 0. The number of hydrogen-bond acceptors (Lipinski definition) is 3. The molecule has 0 aliphatic heterocycles. The van der Waals surface area contributed by atoms with Crippen molar-refractivity contribution in [3.63, 3.8) is 0 Å². The van der Waals surface area contributed by atoms with Gasteiger partial charge in [0.1, 0.15) is 17.1 Å². The van der Waals surface area contributed by atoms with E-state index in [1.807, 2.05) is 19.9 Å². The molecular formula is C13H18O3. The molecule has 1 unspecified atom stereocenters. The molecule has 1 aromatic rings. The average molecular weight is 222 g/mol. The van der Waals surface area contributed by atoms with Crippen LogP contribution in [-0.2, 0) is 0 Å². The summed E-state index contributed by atoms with van der Waals surface area (Å²) >= 11 is 0. The van der Waals surface area contributed by atoms with Gasteiger partial charge < -0.3 is 9.47 Å². The van der Waals surface area contributed by atoms with Crippen LogP contribution in [0.2, 0.25) is 0 Å². The summed E-state index contributed by atoms with van der Waals surface area (Å²) in [6.07, 6.45) is 0.806. The smallest absolute Gasteiger partial charge is 0.173 e. The van der Waals surface area contributed by atoms with E-state index in [1.165, 1.54) is 0 Å². The minimum absolute atomic E-state index is 0.0230. The topological polar surface area (TPSA) is 35.5 Å². The summed E-state index contributed by atoms with van der Waals surface area (Å²) in [6, 6.07) is 5.36. The standard InChI is InChI=1S/C13H18O3/c1-5-9(2)13(14)12-10(15-3)7-6-8-11(12)16-4/h6-9H,5H2,1-4H3. The SMILES string of the molecule is CCC(C)C(=O)c1c(OC)cccc1OC. The van der Waals surface area contributed by atoms with E-state index in [4.69, 9.17) is 9.47 Å². The minimum Gasteiger partial charge on any atom is -0.496 e. The summed E-state index contributed by atoms with van der Waals surface area (Å²) in [5.41, 5.74) is 0.543. The van der Waals surface area contributed by atoms with Crippen molar-refractivity contribution in [3.8, 4) is 11.5 Å². The van der Waals surface area contributed by atoms with Gasteiger partial charge in [0.25, 0.3) is 0 Å². The number of ketones is 1. The molecule has 1 aromatic carbocycles. The van der Waals surface area contributed by atoms with Gasteiger partial charge >= 0.3 is 0 Å². The first kappa shape index (κ1) is 12.6. The fourth-order valence-electron chi connectivity index (χ4n) is 1.53. The van der Waals surface area contributed by atoms with E-state index in [0.29, 0.717) is 17.1 Å². The lowest BCUT2D eigenvalue weighted by atomic mass is 9.96. The van der Waals surface area contributed by atoms with Gasteiger partial charge in [-0.05, 0) is 18.6 Å². The van der Waals surface area contributed by atoms with Gasteiger partial charge in [-0.1, -0.05) is 19.9 Å². The molecule has 0 saturated heterocycles. The third-order valence-electron chi connectivity index (χ3n) is 2.73. The molecule has 0 bridgehead atoms. The minimum atomic E-state index is -0.0230. The highest BCUT2D eigenvalue weighted by Gasteiger charge is 2.21. The Morgan fingerprint density at radius 2 is 1.75 bits per heavy atom. The highest BCUT2D eigenvalue weighted by molar-refractivity contribution is 6.02. The van der Waals surface area contributed by atoms with Gasteiger partial charge in [-0.2, -0.15) is 0 Å². The number of hydrogen-bond donors (Lipinski definition) is 0. The Morgan fingerprint density at radius 1 is 1.25 bits per heavy atom. The van der Waals surface area contributed by atoms with Crippen molar-refractivity contribution in [3.05, 3.63) is 23.8 Å². The fraction of sp³-hybridized carbons (Fsp3) is 0.462. The number of ether oxygens (including phenoxy) is 2. The van der Waals surface area contributed by atoms with Gasteiger partial charge in [0.2, 0.25) is 0 Å². The monoisotopic (exact) mass is 222 g/mol. The van der Waals surface area contributed by atoms with Crippen LogP contribution < -0.4 is 9.47 Å². The number of methoxy groups -OCH3 is 2. The molecule has 0 aromatic heterocycles. The van der Waals surface area contributed by atoms with Crippen LogP contribution in [0.5, 0.6) is 11.5 Å². The molecule has 0 spiro atoms. The first-order chi connectivity index (χ1) is 7.65. The molecule has 1 atom stereocenters. The number of carbonyl (C=O) groups is 1. The van der Waals surface area contributed by atoms with E-state index in [0.717, 1.165) is 6.42 Å². The second-order valence-corrected chi connectivity index (χ2v) is 3.71. The Morgan fingerprint density at radius 3 is 2.12 bits per heavy atom. The zero-order chi connectivity index (χ0) is 12.1. The molecule has 0 heterocycles. The third kappa shape index (κ3) is 2.35. The number of rotatable bonds is 5. The zero-order valence-corrected chi connectivity index (χ0v) is 10.2. The van der Waals surface area contributed by atoms with Gasteiger partial charge in [-0.3, -0.25) is 4.79 Å². The van der Waals surface area contributed by atoms with Gasteiger partial charge in [0, 0.05) is 5.92 Å². The fourth-order valence-corrected chi connectivity index (χ4v) is 1.53. The van der Waals surface area contributed by atoms with Crippen LogP contribution in [0.1, 0.15) is 30.6 Å². The van der Waals surface area contributed by atoms with E-state index in [-0.39, 0.29) is 11.7 Å². The molecule has 3 heteroatoms. The summed E-state index contributed by atoms with van der Waals surface area (Å²) < 4.78 is 10.4. The lowest BCUT2D eigenvalue weighted by molar-refractivity contribution is 0.0921. The molecule has 88 valence electrons. The summed E-state index contributed by atoms with van der Waals surface area (Å²) in [6.45, 7) is 3.90. The zero-order valence-electron chi connectivity index (χ0n) is 10.2. The van der Waals surface area contributed by atoms with Crippen molar-refractivity contribution in [2.75, 3.05) is 14.2 Å². The Bertz CT molecular complexity index is 349. The predicted molar refractivity (Wildman–Crippen MR) is 63.3 cm³/mol. The van der Waals surface area contributed by atoms with Crippen LogP contribution in [0.15, 0.2) is 18.2 Å². The molecule has 1 rings (SSSR count). The van der Waals surface area contributed by atoms with Crippen molar-refractivity contribution >= 4 is 5.78 Å². The summed E-state index contributed by atoms with van der Waals surface area (Å²) in [7, 11) is 3.12. The molecule has 0 aliphatic carbocycles. The average Bonchev–Trinajstić information content (AvgIpc) is 2.35. The number of carbonyl (C=O) groups excluding carboxylic acids is 1. The molecule has 3 nitrogen and oxygen atoms in total. The summed E-state index contributed by atoms with van der Waals surface area (Å²) in [4.78, 5) is 12.2. The Kier molecular flexibility index (Phi) is 4.35. The van der Waals surface area contributed by atoms with Crippen molar-refractivity contribution < 1.29 is 14.3 Å². The normalized spacial score (nSPS) is 12.0. The van der Waals surface area contributed by atoms with Gasteiger partial charge in [-0.25, -0.2) is 0 Å². The van der Waals surface area contributed by atoms with Crippen LogP contribution in [-0.4, -0.2) is 20.0 Å². The van der Waals surface area contributed by atoms with Crippen LogP contribution in [0.25, 0.3) is 0 Å². The molecular weight excluding hydrogens is 204 g/mol. The largest absolute Gasteiger partial charge is 0.496 e. The second-order valence-electron chi connectivity index (χ2n) is 3.71. The molecule has 0 amide bonds. The molecule has 0 aliphatic rings. The van der Waals surface area contributed by atoms with Gasteiger partial charge in [-0.15, -0.1) is 0 Å². The highest BCUT2D eigenvalue weighted by Crippen LogP contribution is 2.31. The molecule has 16 heavy (non-hydrogen) atoms. The van der Waals surface area contributed by atoms with Crippen LogP contribution >= 0.6 is 0 Å². The number of Topliss-reactive ketones (excluding diaryl/α,β-unsaturated/α-hetero) is 1. The third-order valence-corrected chi connectivity index (χ3v) is 2.73.